The van der Waals surface area contributed by atoms with Gasteiger partial charge in [0.2, 0.25) is 0 Å². The van der Waals surface area contributed by atoms with Crippen LogP contribution in [0.2, 0.25) is 0 Å². The monoisotopic (exact) mass is 533 g/mol. The largest absolute Gasteiger partial charge is 0.421 e. The molecule has 0 unspecified atom stereocenters. The van der Waals surface area contributed by atoms with Crippen LogP contribution in [0.4, 0.5) is 18.9 Å². The summed E-state index contributed by atoms with van der Waals surface area (Å²) in [4.78, 5) is 4.38. The van der Waals surface area contributed by atoms with Gasteiger partial charge in [0.1, 0.15) is 4.21 Å². The van der Waals surface area contributed by atoms with Crippen molar-refractivity contribution in [3.63, 3.8) is 0 Å². The number of alkyl halides is 3. The second-order valence-electron chi connectivity index (χ2n) is 9.06. The molecule has 0 amide bonds. The summed E-state index contributed by atoms with van der Waals surface area (Å²) in [7, 11) is -3.61. The molecule has 2 aromatic rings. The lowest BCUT2D eigenvalue weighted by Crippen LogP contribution is -2.58. The Morgan fingerprint density at radius 3 is 2.23 bits per heavy atom. The molecule has 0 saturated carbocycles. The predicted octanol–water partition coefficient (Wildman–Crippen LogP) is 4.52. The average Bonchev–Trinajstić information content (AvgIpc) is 3.35. The molecule has 196 valence electrons. The van der Waals surface area contributed by atoms with Crippen molar-refractivity contribution in [2.45, 2.75) is 55.6 Å². The molecule has 6 nitrogen and oxygen atoms in total. The lowest BCUT2D eigenvalue weighted by Gasteiger charge is -2.44. The van der Waals surface area contributed by atoms with Crippen LogP contribution in [0.5, 0.6) is 0 Å². The summed E-state index contributed by atoms with van der Waals surface area (Å²) in [6.45, 7) is 8.31. The summed E-state index contributed by atoms with van der Waals surface area (Å²) in [5, 5.41) is 11.7. The molecule has 2 heterocycles. The van der Waals surface area contributed by atoms with E-state index in [-0.39, 0.29) is 24.7 Å². The van der Waals surface area contributed by atoms with E-state index in [1.165, 1.54) is 27.8 Å². The van der Waals surface area contributed by atoms with Crippen LogP contribution in [0.3, 0.4) is 0 Å². The van der Waals surface area contributed by atoms with E-state index in [0.717, 1.165) is 32.9 Å². The Morgan fingerprint density at radius 1 is 1.09 bits per heavy atom. The summed E-state index contributed by atoms with van der Waals surface area (Å²) in [5.74, 6) is 0. The first-order valence-corrected chi connectivity index (χ1v) is 14.2. The standard InChI is InChI=1S/C24H34F3N3O3S2/c1-4-12-28(13-5-2)17-21-18-29(35(32,33)22-7-6-16-34-22)14-15-30(21)20-10-8-19(9-11-20)23(3,31)24(25,26)27/h6-11,16,21,31H,4-5,12-15,17-18H2,1-3H3/t21-,23+/m0/s1. The fourth-order valence-corrected chi connectivity index (χ4v) is 7.06. The predicted molar refractivity (Wildman–Crippen MR) is 133 cm³/mol. The second kappa shape index (κ2) is 11.2. The van der Waals surface area contributed by atoms with Gasteiger partial charge in [0.25, 0.3) is 10.0 Å². The van der Waals surface area contributed by atoms with Gasteiger partial charge in [-0.3, -0.25) is 0 Å². The van der Waals surface area contributed by atoms with Crippen LogP contribution in [-0.2, 0) is 15.6 Å². The molecule has 1 N–H and O–H groups in total. The number of sulfonamides is 1. The van der Waals surface area contributed by atoms with E-state index >= 15 is 0 Å². The molecule has 1 fully saturated rings. The molecule has 1 aliphatic heterocycles. The lowest BCUT2D eigenvalue weighted by atomic mass is 9.95. The van der Waals surface area contributed by atoms with Crippen LogP contribution in [0.15, 0.2) is 46.0 Å². The molecule has 0 radical (unpaired) electrons. The van der Waals surface area contributed by atoms with Crippen molar-refractivity contribution in [2.24, 2.45) is 0 Å². The van der Waals surface area contributed by atoms with Crippen LogP contribution in [0.25, 0.3) is 0 Å². The highest BCUT2D eigenvalue weighted by Gasteiger charge is 2.51. The van der Waals surface area contributed by atoms with Gasteiger partial charge in [0, 0.05) is 31.9 Å². The first-order valence-electron chi connectivity index (χ1n) is 11.8. The molecule has 3 rings (SSSR count). The van der Waals surface area contributed by atoms with E-state index < -0.39 is 21.8 Å². The molecule has 2 atom stereocenters. The minimum atomic E-state index is -4.79. The van der Waals surface area contributed by atoms with E-state index in [1.807, 2.05) is 0 Å². The van der Waals surface area contributed by atoms with Crippen molar-refractivity contribution in [3.05, 3.63) is 47.3 Å². The van der Waals surface area contributed by atoms with Crippen LogP contribution in [-0.4, -0.2) is 74.2 Å². The third-order valence-electron chi connectivity index (χ3n) is 6.40. The van der Waals surface area contributed by atoms with Crippen molar-refractivity contribution in [1.82, 2.24) is 9.21 Å². The van der Waals surface area contributed by atoms with Gasteiger partial charge >= 0.3 is 6.18 Å². The van der Waals surface area contributed by atoms with Crippen molar-refractivity contribution in [1.29, 1.82) is 0 Å². The fraction of sp³-hybridized carbons (Fsp3) is 0.583. The van der Waals surface area contributed by atoms with Gasteiger partial charge in [-0.2, -0.15) is 17.5 Å². The number of anilines is 1. The number of rotatable bonds is 10. The quantitative estimate of drug-likeness (QED) is 0.487. The molecular formula is C24H34F3N3O3S2. The Balaban J connectivity index is 1.89. The number of nitrogens with zero attached hydrogens (tertiary/aromatic N) is 3. The van der Waals surface area contributed by atoms with E-state index in [0.29, 0.717) is 23.0 Å². The van der Waals surface area contributed by atoms with Crippen molar-refractivity contribution in [3.8, 4) is 0 Å². The normalized spacial score (nSPS) is 19.8. The van der Waals surface area contributed by atoms with E-state index in [4.69, 9.17) is 0 Å². The number of hydrogen-bond acceptors (Lipinski definition) is 6. The number of aliphatic hydroxyl groups is 1. The van der Waals surface area contributed by atoms with E-state index in [9.17, 15) is 26.7 Å². The third-order valence-corrected chi connectivity index (χ3v) is 9.63. The van der Waals surface area contributed by atoms with Crippen molar-refractivity contribution in [2.75, 3.05) is 44.2 Å². The third kappa shape index (κ3) is 6.19. The zero-order valence-electron chi connectivity index (χ0n) is 20.3. The minimum Gasteiger partial charge on any atom is -0.376 e. The van der Waals surface area contributed by atoms with Gasteiger partial charge in [-0.25, -0.2) is 8.42 Å². The summed E-state index contributed by atoms with van der Waals surface area (Å²) in [6.07, 6.45) is -2.87. The van der Waals surface area contributed by atoms with Crippen LogP contribution in [0, 0.1) is 0 Å². The molecule has 1 aromatic carbocycles. The smallest absolute Gasteiger partial charge is 0.376 e. The zero-order chi connectivity index (χ0) is 25.9. The molecule has 35 heavy (non-hydrogen) atoms. The number of piperazine rings is 1. The molecule has 0 spiro atoms. The van der Waals surface area contributed by atoms with Gasteiger partial charge in [-0.15, -0.1) is 11.3 Å². The Morgan fingerprint density at radius 2 is 1.71 bits per heavy atom. The van der Waals surface area contributed by atoms with Crippen molar-refractivity contribution < 1.29 is 26.7 Å². The zero-order valence-corrected chi connectivity index (χ0v) is 22.0. The molecule has 11 heteroatoms. The van der Waals surface area contributed by atoms with Gasteiger partial charge < -0.3 is 14.9 Å². The SMILES string of the molecule is CCCN(CCC)C[C@H]1CN(S(=O)(=O)c2cccs2)CCN1c1ccc([C@@](C)(O)C(F)(F)F)cc1. The minimum absolute atomic E-state index is 0.175. The van der Waals surface area contributed by atoms with Crippen LogP contribution < -0.4 is 4.90 Å². The highest BCUT2D eigenvalue weighted by Crippen LogP contribution is 2.39. The molecule has 1 aromatic heterocycles. The van der Waals surface area contributed by atoms with E-state index in [2.05, 4.69) is 23.6 Å². The Bertz CT molecular complexity index is 1040. The highest BCUT2D eigenvalue weighted by molar-refractivity contribution is 7.91. The van der Waals surface area contributed by atoms with Crippen molar-refractivity contribution >= 4 is 27.0 Å². The van der Waals surface area contributed by atoms with Crippen LogP contribution in [0.1, 0.15) is 39.2 Å². The van der Waals surface area contributed by atoms with Gasteiger partial charge in [0.05, 0.1) is 6.04 Å². The molecule has 1 aliphatic rings. The summed E-state index contributed by atoms with van der Waals surface area (Å²) < 4.78 is 68.0. The van der Waals surface area contributed by atoms with Crippen LogP contribution >= 0.6 is 11.3 Å². The topological polar surface area (TPSA) is 64.1 Å². The van der Waals surface area contributed by atoms with E-state index in [1.54, 1.807) is 29.6 Å². The molecular weight excluding hydrogens is 499 g/mol. The maximum Gasteiger partial charge on any atom is 0.421 e. The maximum absolute atomic E-state index is 13.3. The highest BCUT2D eigenvalue weighted by atomic mass is 32.2. The number of benzene rings is 1. The summed E-state index contributed by atoms with van der Waals surface area (Å²) in [5.41, 5.74) is -2.47. The molecule has 0 bridgehead atoms. The number of halogens is 3. The second-order valence-corrected chi connectivity index (χ2v) is 12.2. The first kappa shape index (κ1) is 27.9. The molecule has 1 saturated heterocycles. The first-order chi connectivity index (χ1) is 16.4. The van der Waals surface area contributed by atoms with Gasteiger partial charge in [-0.05, 0) is 62.0 Å². The Hall–Kier alpha value is -1.66. The number of thiophene rings is 1. The fourth-order valence-electron chi connectivity index (χ4n) is 4.44. The average molecular weight is 534 g/mol. The lowest BCUT2D eigenvalue weighted by molar-refractivity contribution is -0.258. The van der Waals surface area contributed by atoms with Gasteiger partial charge in [0.15, 0.2) is 5.60 Å². The Kier molecular flexibility index (Phi) is 8.91. The molecule has 0 aliphatic carbocycles. The van der Waals surface area contributed by atoms with Gasteiger partial charge in [-0.1, -0.05) is 32.0 Å². The Labute approximate surface area is 210 Å². The summed E-state index contributed by atoms with van der Waals surface area (Å²) in [6, 6.07) is 8.90. The maximum atomic E-state index is 13.3. The summed E-state index contributed by atoms with van der Waals surface area (Å²) >= 11 is 1.19. The number of hydrogen-bond donors (Lipinski definition) is 1.